The van der Waals surface area contributed by atoms with E-state index < -0.39 is 0 Å². The van der Waals surface area contributed by atoms with Gasteiger partial charge in [-0.1, -0.05) is 13.0 Å². The van der Waals surface area contributed by atoms with Crippen LogP contribution in [-0.2, 0) is 13.1 Å². The van der Waals surface area contributed by atoms with Gasteiger partial charge in [-0.15, -0.1) is 11.3 Å². The van der Waals surface area contributed by atoms with E-state index in [1.807, 2.05) is 17.8 Å². The van der Waals surface area contributed by atoms with Crippen LogP contribution in [0.3, 0.4) is 0 Å². The van der Waals surface area contributed by atoms with Gasteiger partial charge in [-0.05, 0) is 19.0 Å². The van der Waals surface area contributed by atoms with Gasteiger partial charge in [0.1, 0.15) is 5.82 Å². The van der Waals surface area contributed by atoms with Crippen molar-refractivity contribution < 1.29 is 0 Å². The number of anilines is 1. The lowest BCUT2D eigenvalue weighted by molar-refractivity contribution is 0.671. The average Bonchev–Trinajstić information content (AvgIpc) is 2.92. The molecule has 0 radical (unpaired) electrons. The first-order chi connectivity index (χ1) is 9.31. The Balaban J connectivity index is 2.05. The van der Waals surface area contributed by atoms with Crippen LogP contribution in [0.15, 0.2) is 29.2 Å². The van der Waals surface area contributed by atoms with Crippen LogP contribution in [-0.4, -0.2) is 23.6 Å². The van der Waals surface area contributed by atoms with Crippen molar-refractivity contribution in [3.63, 3.8) is 0 Å². The fourth-order valence-corrected chi connectivity index (χ4v) is 2.49. The first kappa shape index (κ1) is 14.0. The second kappa shape index (κ2) is 7.21. The predicted octanol–water partition coefficient (Wildman–Crippen LogP) is 2.67. The molecular formula is C14H20N4S. The highest BCUT2D eigenvalue weighted by atomic mass is 32.1. The van der Waals surface area contributed by atoms with Crippen molar-refractivity contribution >= 4 is 17.2 Å². The van der Waals surface area contributed by atoms with Gasteiger partial charge in [-0.2, -0.15) is 0 Å². The molecule has 0 atom stereocenters. The highest BCUT2D eigenvalue weighted by molar-refractivity contribution is 7.07. The van der Waals surface area contributed by atoms with Gasteiger partial charge in [0.2, 0.25) is 0 Å². The van der Waals surface area contributed by atoms with E-state index in [4.69, 9.17) is 0 Å². The second-order valence-electron chi connectivity index (χ2n) is 4.50. The van der Waals surface area contributed by atoms with Crippen LogP contribution in [0.5, 0.6) is 0 Å². The van der Waals surface area contributed by atoms with E-state index in [0.29, 0.717) is 0 Å². The molecule has 0 bridgehead atoms. The zero-order chi connectivity index (χ0) is 13.5. The maximum atomic E-state index is 4.50. The molecule has 1 N–H and O–H groups in total. The van der Waals surface area contributed by atoms with Crippen molar-refractivity contribution in [1.29, 1.82) is 0 Å². The monoisotopic (exact) mass is 276 g/mol. The van der Waals surface area contributed by atoms with E-state index in [2.05, 4.69) is 45.6 Å². The van der Waals surface area contributed by atoms with Crippen molar-refractivity contribution in [3.8, 4) is 0 Å². The Morgan fingerprint density at radius 1 is 1.37 bits per heavy atom. The molecule has 19 heavy (non-hydrogen) atoms. The summed E-state index contributed by atoms with van der Waals surface area (Å²) in [5.74, 6) is 1.03. The lowest BCUT2D eigenvalue weighted by Crippen LogP contribution is -2.22. The van der Waals surface area contributed by atoms with Gasteiger partial charge >= 0.3 is 0 Å². The van der Waals surface area contributed by atoms with Crippen molar-refractivity contribution in [2.24, 2.45) is 0 Å². The van der Waals surface area contributed by atoms with Gasteiger partial charge in [-0.25, -0.2) is 9.97 Å². The molecule has 0 aromatic carbocycles. The molecule has 0 amide bonds. The van der Waals surface area contributed by atoms with E-state index in [-0.39, 0.29) is 0 Å². The molecule has 0 spiro atoms. The van der Waals surface area contributed by atoms with Crippen LogP contribution in [0, 0.1) is 0 Å². The Kier molecular flexibility index (Phi) is 5.30. The second-order valence-corrected chi connectivity index (χ2v) is 5.22. The van der Waals surface area contributed by atoms with Crippen LogP contribution in [0.25, 0.3) is 0 Å². The molecule has 0 unspecified atom stereocenters. The molecule has 0 saturated heterocycles. The number of thiazole rings is 1. The van der Waals surface area contributed by atoms with E-state index in [0.717, 1.165) is 37.6 Å². The molecule has 102 valence electrons. The number of nitrogens with zero attached hydrogens (tertiary/aromatic N) is 3. The number of nitrogens with one attached hydrogen (secondary N) is 1. The third kappa shape index (κ3) is 4.01. The summed E-state index contributed by atoms with van der Waals surface area (Å²) in [4.78, 5) is 11.0. The van der Waals surface area contributed by atoms with Crippen LogP contribution in [0.4, 0.5) is 5.82 Å². The summed E-state index contributed by atoms with van der Waals surface area (Å²) in [5, 5.41) is 5.50. The van der Waals surface area contributed by atoms with E-state index in [9.17, 15) is 0 Å². The molecule has 0 fully saturated rings. The Labute approximate surface area is 118 Å². The lowest BCUT2D eigenvalue weighted by atomic mass is 10.2. The first-order valence-electron chi connectivity index (χ1n) is 6.54. The van der Waals surface area contributed by atoms with Gasteiger partial charge < -0.3 is 10.2 Å². The van der Waals surface area contributed by atoms with E-state index in [1.165, 1.54) is 5.56 Å². The van der Waals surface area contributed by atoms with Gasteiger partial charge in [-0.3, -0.25) is 0 Å². The maximum Gasteiger partial charge on any atom is 0.133 e. The van der Waals surface area contributed by atoms with Crippen LogP contribution < -0.4 is 10.2 Å². The summed E-state index contributed by atoms with van der Waals surface area (Å²) in [7, 11) is 2.06. The van der Waals surface area contributed by atoms with Crippen LogP contribution in [0.1, 0.15) is 24.6 Å². The summed E-state index contributed by atoms with van der Waals surface area (Å²) < 4.78 is 0. The first-order valence-corrected chi connectivity index (χ1v) is 7.48. The highest BCUT2D eigenvalue weighted by Crippen LogP contribution is 2.18. The SMILES string of the molecule is CCCNCc1cccnc1N(C)Cc1cscn1. The zero-order valence-electron chi connectivity index (χ0n) is 11.5. The third-order valence-corrected chi connectivity index (χ3v) is 3.49. The molecule has 0 aliphatic carbocycles. The smallest absolute Gasteiger partial charge is 0.133 e. The molecule has 0 aliphatic rings. The van der Waals surface area contributed by atoms with Gasteiger partial charge in [0.25, 0.3) is 0 Å². The van der Waals surface area contributed by atoms with Gasteiger partial charge in [0.05, 0.1) is 17.7 Å². The highest BCUT2D eigenvalue weighted by Gasteiger charge is 2.09. The van der Waals surface area contributed by atoms with Crippen molar-refractivity contribution in [2.45, 2.75) is 26.4 Å². The van der Waals surface area contributed by atoms with Gasteiger partial charge in [0.15, 0.2) is 0 Å². The minimum absolute atomic E-state index is 0.793. The molecular weight excluding hydrogens is 256 g/mol. The maximum absolute atomic E-state index is 4.50. The minimum atomic E-state index is 0.793. The number of hydrogen-bond acceptors (Lipinski definition) is 5. The molecule has 2 aromatic rings. The van der Waals surface area contributed by atoms with Crippen LogP contribution >= 0.6 is 11.3 Å². The average molecular weight is 276 g/mol. The van der Waals surface area contributed by atoms with E-state index in [1.54, 1.807) is 11.3 Å². The van der Waals surface area contributed by atoms with Crippen LogP contribution in [0.2, 0.25) is 0 Å². The fourth-order valence-electron chi connectivity index (χ4n) is 1.95. The Bertz CT molecular complexity index is 484. The number of rotatable bonds is 7. The molecule has 5 heteroatoms. The Morgan fingerprint density at radius 2 is 2.26 bits per heavy atom. The quantitative estimate of drug-likeness (QED) is 0.789. The van der Waals surface area contributed by atoms with Crippen molar-refractivity contribution in [2.75, 3.05) is 18.5 Å². The Hall–Kier alpha value is -1.46. The molecule has 0 aliphatic heterocycles. The predicted molar refractivity (Wildman–Crippen MR) is 80.5 cm³/mol. The minimum Gasteiger partial charge on any atom is -0.353 e. The summed E-state index contributed by atoms with van der Waals surface area (Å²) >= 11 is 1.63. The third-order valence-electron chi connectivity index (χ3n) is 2.85. The summed E-state index contributed by atoms with van der Waals surface area (Å²) in [5.41, 5.74) is 4.19. The number of pyridine rings is 1. The fraction of sp³-hybridized carbons (Fsp3) is 0.429. The summed E-state index contributed by atoms with van der Waals surface area (Å²) in [6.45, 7) is 4.86. The lowest BCUT2D eigenvalue weighted by Gasteiger charge is -2.20. The normalized spacial score (nSPS) is 10.6. The zero-order valence-corrected chi connectivity index (χ0v) is 12.3. The summed E-state index contributed by atoms with van der Waals surface area (Å²) in [6, 6.07) is 4.12. The largest absolute Gasteiger partial charge is 0.353 e. The molecule has 0 saturated carbocycles. The van der Waals surface area contributed by atoms with Crippen molar-refractivity contribution in [1.82, 2.24) is 15.3 Å². The summed E-state index contributed by atoms with van der Waals surface area (Å²) in [6.07, 6.45) is 2.99. The Morgan fingerprint density at radius 3 is 3.00 bits per heavy atom. The number of aromatic nitrogens is 2. The molecule has 4 nitrogen and oxygen atoms in total. The molecule has 2 heterocycles. The standard InChI is InChI=1S/C14H20N4S/c1-3-6-15-8-12-5-4-7-16-14(12)18(2)9-13-10-19-11-17-13/h4-5,7,10-11,15H,3,6,8-9H2,1-2H3. The topological polar surface area (TPSA) is 41.1 Å². The van der Waals surface area contributed by atoms with E-state index >= 15 is 0 Å². The molecule has 2 rings (SSSR count). The molecule has 2 aromatic heterocycles. The van der Waals surface area contributed by atoms with Gasteiger partial charge in [0, 0.05) is 30.7 Å². The number of hydrogen-bond donors (Lipinski definition) is 1. The van der Waals surface area contributed by atoms with Crippen molar-refractivity contribution in [3.05, 3.63) is 40.5 Å².